The van der Waals surface area contributed by atoms with Gasteiger partial charge in [-0.05, 0) is 61.2 Å². The van der Waals surface area contributed by atoms with Crippen LogP contribution in [0.3, 0.4) is 0 Å². The molecule has 0 spiro atoms. The molecule has 6 rings (SSSR count). The van der Waals surface area contributed by atoms with E-state index >= 15 is 0 Å². The van der Waals surface area contributed by atoms with Crippen LogP contribution in [0.1, 0.15) is 28.9 Å². The lowest BCUT2D eigenvalue weighted by atomic mass is 9.75. The fourth-order valence-electron chi connectivity index (χ4n) is 5.65. The summed E-state index contributed by atoms with van der Waals surface area (Å²) in [6.45, 7) is 4.31. The molecule has 2 aromatic heterocycles. The lowest BCUT2D eigenvalue weighted by Gasteiger charge is -2.36. The van der Waals surface area contributed by atoms with E-state index < -0.39 is 7.12 Å². The maximum absolute atomic E-state index is 9.88. The van der Waals surface area contributed by atoms with Crippen molar-refractivity contribution in [1.29, 1.82) is 0 Å². The molecule has 0 amide bonds. The molecule has 8 heteroatoms. The Morgan fingerprint density at radius 2 is 1.91 bits per heavy atom. The predicted molar refractivity (Wildman–Crippen MR) is 137 cm³/mol. The second-order valence-corrected chi connectivity index (χ2v) is 9.70. The van der Waals surface area contributed by atoms with E-state index in [1.54, 1.807) is 6.07 Å². The number of rotatable bonds is 5. The molecule has 35 heavy (non-hydrogen) atoms. The Bertz CT molecular complexity index is 1370. The first-order valence-corrected chi connectivity index (χ1v) is 12.3. The SMILES string of the molecule is Cc1cc2c(B(O)O)cccc2n1-c1nc2c(c(NCc3ccccc3)n1)CC1COCCC1C2. The number of aromatic nitrogens is 3. The summed E-state index contributed by atoms with van der Waals surface area (Å²) in [4.78, 5) is 10.1. The molecule has 0 saturated carbocycles. The summed E-state index contributed by atoms with van der Waals surface area (Å²) in [7, 11) is -1.54. The van der Waals surface area contributed by atoms with Crippen LogP contribution in [0.25, 0.3) is 16.9 Å². The topological polar surface area (TPSA) is 92.4 Å². The normalized spacial score (nSPS) is 19.3. The van der Waals surface area contributed by atoms with E-state index in [0.29, 0.717) is 29.8 Å². The van der Waals surface area contributed by atoms with E-state index in [9.17, 15) is 10.0 Å². The molecule has 1 saturated heterocycles. The van der Waals surface area contributed by atoms with Gasteiger partial charge in [0.2, 0.25) is 5.95 Å². The lowest BCUT2D eigenvalue weighted by molar-refractivity contribution is 0.0127. The Kier molecular flexibility index (Phi) is 5.80. The van der Waals surface area contributed by atoms with Crippen LogP contribution in [0.5, 0.6) is 0 Å². The van der Waals surface area contributed by atoms with Crippen molar-refractivity contribution in [3.8, 4) is 5.95 Å². The molecule has 1 aliphatic carbocycles. The number of anilines is 1. The highest BCUT2D eigenvalue weighted by atomic mass is 16.5. The number of hydrogen-bond acceptors (Lipinski definition) is 6. The van der Waals surface area contributed by atoms with Gasteiger partial charge in [0.25, 0.3) is 0 Å². The van der Waals surface area contributed by atoms with Gasteiger partial charge in [0, 0.05) is 36.4 Å². The van der Waals surface area contributed by atoms with Crippen molar-refractivity contribution in [1.82, 2.24) is 14.5 Å². The highest BCUT2D eigenvalue weighted by Crippen LogP contribution is 2.37. The Balaban J connectivity index is 1.47. The van der Waals surface area contributed by atoms with Gasteiger partial charge in [-0.2, -0.15) is 4.98 Å². The van der Waals surface area contributed by atoms with Crippen molar-refractivity contribution in [2.45, 2.75) is 32.7 Å². The molecule has 7 nitrogen and oxygen atoms in total. The van der Waals surface area contributed by atoms with Crippen molar-refractivity contribution in [2.24, 2.45) is 11.8 Å². The van der Waals surface area contributed by atoms with Crippen molar-refractivity contribution in [2.75, 3.05) is 18.5 Å². The monoisotopic (exact) mass is 468 g/mol. The lowest BCUT2D eigenvalue weighted by Crippen LogP contribution is -2.35. The zero-order valence-electron chi connectivity index (χ0n) is 19.8. The van der Waals surface area contributed by atoms with Gasteiger partial charge in [0.05, 0.1) is 11.2 Å². The summed E-state index contributed by atoms with van der Waals surface area (Å²) < 4.78 is 7.81. The van der Waals surface area contributed by atoms with Gasteiger partial charge < -0.3 is 20.1 Å². The molecule has 178 valence electrons. The quantitative estimate of drug-likeness (QED) is 0.390. The third-order valence-electron chi connectivity index (χ3n) is 7.48. The Labute approximate surface area is 205 Å². The van der Waals surface area contributed by atoms with Crippen LogP contribution < -0.4 is 10.8 Å². The minimum atomic E-state index is -1.54. The van der Waals surface area contributed by atoms with Crippen molar-refractivity contribution < 1.29 is 14.8 Å². The Morgan fingerprint density at radius 3 is 2.74 bits per heavy atom. The van der Waals surface area contributed by atoms with Crippen LogP contribution >= 0.6 is 0 Å². The highest BCUT2D eigenvalue weighted by molar-refractivity contribution is 6.61. The van der Waals surface area contributed by atoms with E-state index in [2.05, 4.69) is 17.4 Å². The molecule has 2 aromatic carbocycles. The second-order valence-electron chi connectivity index (χ2n) is 9.70. The van der Waals surface area contributed by atoms with E-state index in [1.807, 2.05) is 47.9 Å². The van der Waals surface area contributed by atoms with Gasteiger partial charge in [-0.1, -0.05) is 42.5 Å². The summed E-state index contributed by atoms with van der Waals surface area (Å²) in [5, 5.41) is 24.2. The van der Waals surface area contributed by atoms with Gasteiger partial charge >= 0.3 is 7.12 Å². The average molecular weight is 468 g/mol. The molecule has 2 atom stereocenters. The van der Waals surface area contributed by atoms with E-state index in [-0.39, 0.29) is 0 Å². The van der Waals surface area contributed by atoms with Gasteiger partial charge in [0.15, 0.2) is 0 Å². The molecule has 3 N–H and O–H groups in total. The van der Waals surface area contributed by atoms with Crippen molar-refractivity contribution >= 4 is 29.3 Å². The minimum Gasteiger partial charge on any atom is -0.423 e. The smallest absolute Gasteiger partial charge is 0.423 e. The first-order valence-electron chi connectivity index (χ1n) is 12.3. The minimum absolute atomic E-state index is 0.481. The van der Waals surface area contributed by atoms with Gasteiger partial charge in [-0.15, -0.1) is 0 Å². The molecule has 1 aliphatic heterocycles. The number of benzene rings is 2. The maximum Gasteiger partial charge on any atom is 0.489 e. The molecular weight excluding hydrogens is 439 g/mol. The van der Waals surface area contributed by atoms with Crippen molar-refractivity contribution in [3.63, 3.8) is 0 Å². The van der Waals surface area contributed by atoms with Gasteiger partial charge in [0.1, 0.15) is 5.82 Å². The fraction of sp³-hybridized carbons (Fsp3) is 0.333. The highest BCUT2D eigenvalue weighted by Gasteiger charge is 2.34. The maximum atomic E-state index is 9.88. The molecular formula is C27H29BN4O3. The summed E-state index contributed by atoms with van der Waals surface area (Å²) in [6.07, 6.45) is 2.92. The molecule has 0 radical (unpaired) electrons. The fourth-order valence-corrected chi connectivity index (χ4v) is 5.65. The molecule has 4 aromatic rings. The Hall–Kier alpha value is -3.20. The molecule has 2 aliphatic rings. The Morgan fingerprint density at radius 1 is 1.06 bits per heavy atom. The first-order chi connectivity index (χ1) is 17.1. The zero-order chi connectivity index (χ0) is 23.9. The van der Waals surface area contributed by atoms with Gasteiger partial charge in [-0.25, -0.2) is 4.98 Å². The van der Waals surface area contributed by atoms with Crippen molar-refractivity contribution in [3.05, 3.63) is 77.1 Å². The molecule has 3 heterocycles. The van der Waals surface area contributed by atoms with Gasteiger partial charge in [-0.3, -0.25) is 4.57 Å². The van der Waals surface area contributed by atoms with Crippen LogP contribution in [0.4, 0.5) is 5.82 Å². The van der Waals surface area contributed by atoms with E-state index in [0.717, 1.165) is 60.6 Å². The number of ether oxygens (including phenoxy) is 1. The van der Waals surface area contributed by atoms with E-state index in [4.69, 9.17) is 14.7 Å². The largest absolute Gasteiger partial charge is 0.489 e. The van der Waals surface area contributed by atoms with Crippen LogP contribution in [-0.2, 0) is 24.1 Å². The van der Waals surface area contributed by atoms with Crippen LogP contribution in [0, 0.1) is 18.8 Å². The van der Waals surface area contributed by atoms with Crippen LogP contribution in [-0.4, -0.2) is 44.9 Å². The molecule has 0 bridgehead atoms. The number of hydrogen-bond donors (Lipinski definition) is 3. The summed E-state index contributed by atoms with van der Waals surface area (Å²) in [5.41, 5.74) is 5.78. The molecule has 1 fully saturated rings. The number of nitrogens with zero attached hydrogens (tertiary/aromatic N) is 3. The summed E-state index contributed by atoms with van der Waals surface area (Å²) in [6, 6.07) is 17.9. The summed E-state index contributed by atoms with van der Waals surface area (Å²) in [5.74, 6) is 2.57. The summed E-state index contributed by atoms with van der Waals surface area (Å²) >= 11 is 0. The standard InChI is InChI=1S/C27H29BN4O3/c1-17-12-21-23(28(33)34)8-5-9-25(21)32(17)27-30-24-14-19-10-11-35-16-20(19)13-22(24)26(31-27)29-15-18-6-3-2-4-7-18/h2-9,12,19-20,33-34H,10-11,13-16H2,1H3,(H,29,30,31). The zero-order valence-corrected chi connectivity index (χ0v) is 19.8. The van der Waals surface area contributed by atoms with E-state index in [1.165, 1.54) is 11.1 Å². The third-order valence-corrected chi connectivity index (χ3v) is 7.48. The average Bonchev–Trinajstić information content (AvgIpc) is 3.22. The number of fused-ring (bicyclic) bond motifs is 3. The third kappa shape index (κ3) is 4.12. The first kappa shape index (κ1) is 22.3. The second kappa shape index (κ2) is 9.11. The molecule has 2 unspecified atom stereocenters. The van der Waals surface area contributed by atoms with Crippen LogP contribution in [0.2, 0.25) is 0 Å². The number of aryl methyl sites for hydroxylation is 1. The van der Waals surface area contributed by atoms with Crippen LogP contribution in [0.15, 0.2) is 54.6 Å². The number of nitrogens with one attached hydrogen (secondary N) is 1. The predicted octanol–water partition coefficient (Wildman–Crippen LogP) is 2.77.